The molecule has 2 aliphatic rings. The van der Waals surface area contributed by atoms with Crippen molar-refractivity contribution in [1.82, 2.24) is 10.6 Å². The van der Waals surface area contributed by atoms with Gasteiger partial charge in [0.25, 0.3) is 0 Å². The van der Waals surface area contributed by atoms with Crippen LogP contribution in [0.1, 0.15) is 81.5 Å². The van der Waals surface area contributed by atoms with Crippen molar-refractivity contribution in [2.75, 3.05) is 0 Å². The number of rotatable bonds is 5. The lowest BCUT2D eigenvalue weighted by Gasteiger charge is -2.21. The molecule has 3 rings (SSSR count). The average molecular weight is 341 g/mol. The number of hydrogen-bond donors (Lipinski definition) is 2. The van der Waals surface area contributed by atoms with Gasteiger partial charge in [-0.1, -0.05) is 43.5 Å². The fraction of sp³-hybridized carbons (Fsp3) is 0.591. The first-order valence-electron chi connectivity index (χ1n) is 10.0. The molecule has 0 heterocycles. The molecule has 2 N–H and O–H groups in total. The number of hydrogen-bond acceptors (Lipinski definition) is 1. The van der Waals surface area contributed by atoms with E-state index in [4.69, 9.17) is 0 Å². The zero-order chi connectivity index (χ0) is 17.6. The second-order valence-corrected chi connectivity index (χ2v) is 7.68. The Morgan fingerprint density at radius 2 is 1.88 bits per heavy atom. The van der Waals surface area contributed by atoms with Gasteiger partial charge in [-0.15, -0.1) is 0 Å². The minimum atomic E-state index is -0.0954. The van der Waals surface area contributed by atoms with E-state index in [2.05, 4.69) is 42.7 Å². The largest absolute Gasteiger partial charge is 0.331 e. The Morgan fingerprint density at radius 1 is 1.16 bits per heavy atom. The van der Waals surface area contributed by atoms with Crippen LogP contribution in [0.25, 0.3) is 0 Å². The normalized spacial score (nSPS) is 19.4. The summed E-state index contributed by atoms with van der Waals surface area (Å²) in [5, 5.41) is 6.09. The molecular formula is C22H32N2O. The summed E-state index contributed by atoms with van der Waals surface area (Å²) < 4.78 is 0. The van der Waals surface area contributed by atoms with E-state index in [1.165, 1.54) is 73.6 Å². The van der Waals surface area contributed by atoms with Gasteiger partial charge in [-0.05, 0) is 74.5 Å². The number of carbonyl (C=O) groups is 1. The second kappa shape index (κ2) is 8.55. The maximum atomic E-state index is 12.3. The van der Waals surface area contributed by atoms with Crippen LogP contribution in [-0.4, -0.2) is 6.03 Å². The number of urea groups is 1. The van der Waals surface area contributed by atoms with Crippen LogP contribution in [0.3, 0.4) is 0 Å². The van der Waals surface area contributed by atoms with Gasteiger partial charge in [0.1, 0.15) is 0 Å². The molecule has 0 saturated heterocycles. The number of aryl methyl sites for hydroxylation is 2. The van der Waals surface area contributed by atoms with Crippen molar-refractivity contribution < 1.29 is 4.79 Å². The Labute approximate surface area is 152 Å². The van der Waals surface area contributed by atoms with Crippen LogP contribution in [0.5, 0.6) is 0 Å². The molecule has 136 valence electrons. The highest BCUT2D eigenvalue weighted by molar-refractivity contribution is 5.75. The van der Waals surface area contributed by atoms with Crippen LogP contribution < -0.4 is 10.6 Å². The molecule has 1 aromatic rings. The van der Waals surface area contributed by atoms with Gasteiger partial charge in [0.2, 0.25) is 0 Å². The second-order valence-electron chi connectivity index (χ2n) is 7.68. The van der Waals surface area contributed by atoms with Crippen molar-refractivity contribution in [2.24, 2.45) is 5.92 Å². The van der Waals surface area contributed by atoms with Crippen LogP contribution in [-0.2, 0) is 12.8 Å². The van der Waals surface area contributed by atoms with Crippen molar-refractivity contribution in [3.8, 4) is 0 Å². The first-order chi connectivity index (χ1) is 12.2. The molecule has 0 spiro atoms. The Morgan fingerprint density at radius 3 is 2.60 bits per heavy atom. The van der Waals surface area contributed by atoms with E-state index < -0.39 is 0 Å². The van der Waals surface area contributed by atoms with E-state index in [0.29, 0.717) is 5.92 Å². The van der Waals surface area contributed by atoms with E-state index in [9.17, 15) is 4.79 Å². The third-order valence-electron chi connectivity index (χ3n) is 5.92. The van der Waals surface area contributed by atoms with E-state index in [-0.39, 0.29) is 12.1 Å². The van der Waals surface area contributed by atoms with Crippen LogP contribution >= 0.6 is 0 Å². The Balaban J connectivity index is 1.59. The van der Waals surface area contributed by atoms with E-state index in [0.717, 1.165) is 6.42 Å². The summed E-state index contributed by atoms with van der Waals surface area (Å²) in [4.78, 5) is 12.3. The van der Waals surface area contributed by atoms with Gasteiger partial charge >= 0.3 is 6.03 Å². The fourth-order valence-corrected chi connectivity index (χ4v) is 4.27. The van der Waals surface area contributed by atoms with Crippen molar-refractivity contribution in [3.05, 3.63) is 46.7 Å². The molecule has 3 heteroatoms. The number of carbonyl (C=O) groups excluding carboxylic acids is 1. The molecule has 0 aliphatic heterocycles. The van der Waals surface area contributed by atoms with Gasteiger partial charge in [0, 0.05) is 6.20 Å². The van der Waals surface area contributed by atoms with Gasteiger partial charge in [-0.2, -0.15) is 0 Å². The fourth-order valence-electron chi connectivity index (χ4n) is 4.27. The molecule has 1 fully saturated rings. The lowest BCUT2D eigenvalue weighted by molar-refractivity contribution is 0.240. The molecule has 1 atom stereocenters. The number of fused-ring (bicyclic) bond motifs is 1. The lowest BCUT2D eigenvalue weighted by atomic mass is 9.89. The third kappa shape index (κ3) is 4.65. The molecular weight excluding hydrogens is 308 g/mol. The predicted molar refractivity (Wildman–Crippen MR) is 103 cm³/mol. The zero-order valence-electron chi connectivity index (χ0n) is 15.7. The first kappa shape index (κ1) is 18.0. The molecule has 1 unspecified atom stereocenters. The van der Waals surface area contributed by atoms with E-state index >= 15 is 0 Å². The lowest BCUT2D eigenvalue weighted by Crippen LogP contribution is -2.35. The Kier molecular flexibility index (Phi) is 6.17. The first-order valence-corrected chi connectivity index (χ1v) is 10.0. The average Bonchev–Trinajstić information content (AvgIpc) is 3.18. The molecule has 1 saturated carbocycles. The molecule has 1 aromatic carbocycles. The van der Waals surface area contributed by atoms with Crippen LogP contribution in [0.2, 0.25) is 0 Å². The van der Waals surface area contributed by atoms with E-state index in [1.807, 2.05) is 6.20 Å². The van der Waals surface area contributed by atoms with Gasteiger partial charge in [-0.3, -0.25) is 0 Å². The molecule has 2 amide bonds. The van der Waals surface area contributed by atoms with E-state index in [1.54, 1.807) is 0 Å². The minimum Gasteiger partial charge on any atom is -0.331 e. The Hall–Kier alpha value is -1.77. The summed E-state index contributed by atoms with van der Waals surface area (Å²) in [7, 11) is 0. The smallest absolute Gasteiger partial charge is 0.319 e. The summed E-state index contributed by atoms with van der Waals surface area (Å²) >= 11 is 0. The number of nitrogens with one attached hydrogen (secondary N) is 2. The predicted octanol–water partition coefficient (Wildman–Crippen LogP) is 5.41. The summed E-state index contributed by atoms with van der Waals surface area (Å²) in [5.41, 5.74) is 5.50. The van der Waals surface area contributed by atoms with Crippen LogP contribution in [0.4, 0.5) is 4.79 Å². The maximum absolute atomic E-state index is 12.3. The van der Waals surface area contributed by atoms with Gasteiger partial charge in [0.05, 0.1) is 6.04 Å². The topological polar surface area (TPSA) is 41.1 Å². The van der Waals surface area contributed by atoms with Crippen molar-refractivity contribution >= 4 is 6.03 Å². The number of benzene rings is 1. The molecule has 25 heavy (non-hydrogen) atoms. The molecule has 3 nitrogen and oxygen atoms in total. The standard InChI is InChI=1S/C22H32N2O/c1-3-21(20-13-12-18-10-6-7-11-19(18)14-20)24-22(25)23-15-16(2)17-8-4-5-9-17/h12-15,17,21H,3-11H2,1-2H3,(H2,23,24,25)/b16-15+. The van der Waals surface area contributed by atoms with Crippen LogP contribution in [0, 0.1) is 5.92 Å². The van der Waals surface area contributed by atoms with Crippen molar-refractivity contribution in [1.29, 1.82) is 0 Å². The maximum Gasteiger partial charge on any atom is 0.319 e. The van der Waals surface area contributed by atoms with Gasteiger partial charge < -0.3 is 10.6 Å². The highest BCUT2D eigenvalue weighted by atomic mass is 16.2. The van der Waals surface area contributed by atoms with Crippen LogP contribution in [0.15, 0.2) is 30.0 Å². The monoisotopic (exact) mass is 340 g/mol. The summed E-state index contributed by atoms with van der Waals surface area (Å²) in [6.07, 6.45) is 12.9. The minimum absolute atomic E-state index is 0.0763. The SMILES string of the molecule is CCC(NC(=O)N/C=C(\C)C1CCCC1)c1ccc2c(c1)CCCC2. The van der Waals surface area contributed by atoms with Gasteiger partial charge in [0.15, 0.2) is 0 Å². The molecule has 2 aliphatic carbocycles. The van der Waals surface area contributed by atoms with Crippen molar-refractivity contribution in [2.45, 2.75) is 77.7 Å². The quantitative estimate of drug-likeness (QED) is 0.739. The summed E-state index contributed by atoms with van der Waals surface area (Å²) in [6, 6.07) is 6.74. The summed E-state index contributed by atoms with van der Waals surface area (Å²) in [6.45, 7) is 4.26. The van der Waals surface area contributed by atoms with Gasteiger partial charge in [-0.25, -0.2) is 4.79 Å². The third-order valence-corrected chi connectivity index (χ3v) is 5.92. The zero-order valence-corrected chi connectivity index (χ0v) is 15.7. The molecule has 0 radical (unpaired) electrons. The number of allylic oxidation sites excluding steroid dienone is 1. The highest BCUT2D eigenvalue weighted by Gasteiger charge is 2.18. The Bertz CT molecular complexity index is 629. The summed E-state index contributed by atoms with van der Waals surface area (Å²) in [5.74, 6) is 0.655. The number of amides is 2. The highest BCUT2D eigenvalue weighted by Crippen LogP contribution is 2.30. The molecule has 0 aromatic heterocycles. The van der Waals surface area contributed by atoms with Crippen molar-refractivity contribution in [3.63, 3.8) is 0 Å². The molecule has 0 bridgehead atoms.